The van der Waals surface area contributed by atoms with Gasteiger partial charge in [0.15, 0.2) is 4.32 Å². The molecule has 2 aromatic rings. The number of thioether (sulfide) groups is 1. The number of thiocarbonyl (C=S) groups is 1. The van der Waals surface area contributed by atoms with Crippen molar-refractivity contribution in [2.24, 2.45) is 0 Å². The van der Waals surface area contributed by atoms with E-state index in [-0.39, 0.29) is 9.88 Å². The second kappa shape index (κ2) is 7.57. The molecule has 8 heteroatoms. The largest absolute Gasteiger partial charge is 0.285 e. The van der Waals surface area contributed by atoms with Crippen molar-refractivity contribution < 1.29 is 9.59 Å². The van der Waals surface area contributed by atoms with Gasteiger partial charge in [-0.3, -0.25) is 20.0 Å². The van der Waals surface area contributed by atoms with Crippen molar-refractivity contribution in [3.8, 4) is 0 Å². The maximum Gasteiger partial charge on any atom is 0.285 e. The molecule has 5 nitrogen and oxygen atoms in total. The molecular weight excluding hydrogens is 390 g/mol. The first-order valence-electron chi connectivity index (χ1n) is 7.64. The van der Waals surface area contributed by atoms with E-state index < -0.39 is 11.8 Å². The van der Waals surface area contributed by atoms with E-state index in [0.29, 0.717) is 15.6 Å². The van der Waals surface area contributed by atoms with E-state index in [2.05, 4.69) is 10.4 Å². The van der Waals surface area contributed by atoms with Gasteiger partial charge in [0.2, 0.25) is 0 Å². The number of rotatable bonds is 3. The Morgan fingerprint density at radius 2 is 2.08 bits per heavy atom. The van der Waals surface area contributed by atoms with Crippen LogP contribution in [-0.2, 0) is 4.79 Å². The number of carbonyl (C=O) groups excluding carboxylic acids is 2. The number of hydrogen-bond donors (Lipinski definition) is 1. The van der Waals surface area contributed by atoms with Gasteiger partial charge in [0.25, 0.3) is 11.8 Å². The monoisotopic (exact) mass is 403 g/mol. The minimum absolute atomic E-state index is 0.241. The molecule has 0 atom stereocenters. The minimum atomic E-state index is -0.499. The molecule has 2 heterocycles. The molecule has 0 bridgehead atoms. The number of aryl methyl sites for hydroxylation is 2. The molecule has 0 spiro atoms. The summed E-state index contributed by atoms with van der Waals surface area (Å²) in [6.45, 7) is 3.74. The van der Waals surface area contributed by atoms with Crippen LogP contribution >= 0.6 is 35.6 Å². The van der Waals surface area contributed by atoms with Crippen LogP contribution in [0, 0.1) is 13.8 Å². The lowest BCUT2D eigenvalue weighted by atomic mass is 10.1. The third-order valence-electron chi connectivity index (χ3n) is 3.57. The highest BCUT2D eigenvalue weighted by atomic mass is 35.5. The molecule has 1 aromatic carbocycles. The van der Waals surface area contributed by atoms with Crippen LogP contribution in [0.4, 0.5) is 0 Å². The number of carbonyl (C=O) groups is 2. The first-order chi connectivity index (χ1) is 12.3. The number of nitrogens with zero attached hydrogens (tertiary/aromatic N) is 2. The molecule has 1 N–H and O–H groups in total. The smallest absolute Gasteiger partial charge is 0.267 e. The van der Waals surface area contributed by atoms with Crippen LogP contribution in [0.5, 0.6) is 0 Å². The van der Waals surface area contributed by atoms with E-state index >= 15 is 0 Å². The SMILES string of the molecule is Cc1ccc(C(=O)NN2C(=O)/C(=C\c3cccc(C)n3)SC2=S)c(Cl)c1. The quantitative estimate of drug-likeness (QED) is 0.622. The van der Waals surface area contributed by atoms with Crippen LogP contribution in [0.1, 0.15) is 27.3 Å². The lowest BCUT2D eigenvalue weighted by Gasteiger charge is -2.16. The molecule has 1 saturated heterocycles. The minimum Gasteiger partial charge on any atom is -0.267 e. The number of nitrogens with one attached hydrogen (secondary N) is 1. The number of hydrogen-bond acceptors (Lipinski definition) is 5. The summed E-state index contributed by atoms with van der Waals surface area (Å²) in [5, 5.41) is 1.37. The summed E-state index contributed by atoms with van der Waals surface area (Å²) in [5.41, 5.74) is 5.22. The van der Waals surface area contributed by atoms with E-state index in [9.17, 15) is 9.59 Å². The van der Waals surface area contributed by atoms with Crippen LogP contribution in [-0.4, -0.2) is 26.1 Å². The van der Waals surface area contributed by atoms with Gasteiger partial charge in [0.05, 0.1) is 21.2 Å². The Labute approximate surface area is 165 Å². The zero-order chi connectivity index (χ0) is 18.8. The Hall–Kier alpha value is -2.22. The van der Waals surface area contributed by atoms with Crippen molar-refractivity contribution in [2.45, 2.75) is 13.8 Å². The van der Waals surface area contributed by atoms with Crippen molar-refractivity contribution in [3.05, 3.63) is 68.8 Å². The zero-order valence-electron chi connectivity index (χ0n) is 13.9. The Balaban J connectivity index is 1.80. The topological polar surface area (TPSA) is 62.3 Å². The van der Waals surface area contributed by atoms with Crippen molar-refractivity contribution in [1.82, 2.24) is 15.4 Å². The number of hydrazine groups is 1. The van der Waals surface area contributed by atoms with Gasteiger partial charge >= 0.3 is 0 Å². The van der Waals surface area contributed by atoms with Gasteiger partial charge < -0.3 is 0 Å². The number of benzene rings is 1. The molecule has 0 saturated carbocycles. The first kappa shape index (κ1) is 18.6. The number of pyridine rings is 1. The second-order valence-electron chi connectivity index (χ2n) is 5.65. The third-order valence-corrected chi connectivity index (χ3v) is 5.18. The summed E-state index contributed by atoms with van der Waals surface area (Å²) in [4.78, 5) is 29.8. The molecule has 1 fully saturated rings. The lowest BCUT2D eigenvalue weighted by Crippen LogP contribution is -2.44. The highest BCUT2D eigenvalue weighted by Gasteiger charge is 2.34. The van der Waals surface area contributed by atoms with E-state index in [1.165, 1.54) is 0 Å². The maximum atomic E-state index is 12.6. The molecule has 0 radical (unpaired) electrons. The van der Waals surface area contributed by atoms with Crippen molar-refractivity contribution in [2.75, 3.05) is 0 Å². The standard InChI is InChI=1S/C18H14ClN3O2S2/c1-10-6-7-13(14(19)8-10)16(23)21-22-17(24)15(26-18(22)25)9-12-5-3-4-11(2)20-12/h3-9H,1-2H3,(H,21,23)/b15-9+. The van der Waals surface area contributed by atoms with Crippen LogP contribution in [0.2, 0.25) is 5.02 Å². The highest BCUT2D eigenvalue weighted by Crippen LogP contribution is 2.31. The number of halogens is 1. The average Bonchev–Trinajstić information content (AvgIpc) is 2.82. The maximum absolute atomic E-state index is 12.6. The van der Waals surface area contributed by atoms with E-state index in [0.717, 1.165) is 28.0 Å². The predicted octanol–water partition coefficient (Wildman–Crippen LogP) is 3.90. The third kappa shape index (κ3) is 3.95. The van der Waals surface area contributed by atoms with Crippen molar-refractivity contribution >= 4 is 57.8 Å². The molecule has 1 aliphatic heterocycles. The molecule has 1 aromatic heterocycles. The highest BCUT2D eigenvalue weighted by molar-refractivity contribution is 8.26. The second-order valence-corrected chi connectivity index (χ2v) is 7.73. The van der Waals surface area contributed by atoms with Crippen LogP contribution in [0.3, 0.4) is 0 Å². The Morgan fingerprint density at radius 3 is 2.77 bits per heavy atom. The summed E-state index contributed by atoms with van der Waals surface area (Å²) in [6, 6.07) is 10.6. The van der Waals surface area contributed by atoms with Gasteiger partial charge in [-0.05, 0) is 62.0 Å². The molecule has 1 aliphatic rings. The molecule has 3 rings (SSSR count). The molecule has 2 amide bonds. The molecular formula is C18H14ClN3O2S2. The van der Waals surface area contributed by atoms with Crippen LogP contribution in [0.25, 0.3) is 6.08 Å². The summed E-state index contributed by atoms with van der Waals surface area (Å²) >= 11 is 12.4. The first-order valence-corrected chi connectivity index (χ1v) is 9.24. The Morgan fingerprint density at radius 1 is 1.31 bits per heavy atom. The van der Waals surface area contributed by atoms with E-state index in [4.69, 9.17) is 23.8 Å². The van der Waals surface area contributed by atoms with Gasteiger partial charge in [-0.15, -0.1) is 0 Å². The summed E-state index contributed by atoms with van der Waals surface area (Å²) in [7, 11) is 0. The fourth-order valence-corrected chi connectivity index (χ4v) is 3.79. The molecule has 132 valence electrons. The van der Waals surface area contributed by atoms with Gasteiger partial charge in [-0.2, -0.15) is 5.01 Å². The summed E-state index contributed by atoms with van der Waals surface area (Å²) < 4.78 is 0.241. The number of amides is 2. The normalized spacial score (nSPS) is 15.7. The predicted molar refractivity (Wildman–Crippen MR) is 108 cm³/mol. The fraction of sp³-hybridized carbons (Fsp3) is 0.111. The zero-order valence-corrected chi connectivity index (χ0v) is 16.3. The van der Waals surface area contributed by atoms with Crippen molar-refractivity contribution in [1.29, 1.82) is 0 Å². The van der Waals surface area contributed by atoms with Crippen LogP contribution in [0.15, 0.2) is 41.3 Å². The Kier molecular flexibility index (Phi) is 5.41. The van der Waals surface area contributed by atoms with Crippen LogP contribution < -0.4 is 5.43 Å². The fourth-order valence-electron chi connectivity index (χ4n) is 2.31. The molecule has 26 heavy (non-hydrogen) atoms. The molecule has 0 unspecified atom stereocenters. The van der Waals surface area contributed by atoms with Gasteiger partial charge in [0.1, 0.15) is 0 Å². The Bertz CT molecular complexity index is 959. The summed E-state index contributed by atoms with van der Waals surface area (Å²) in [6.07, 6.45) is 1.65. The van der Waals surface area contributed by atoms with Gasteiger partial charge in [-0.1, -0.05) is 35.5 Å². The average molecular weight is 404 g/mol. The lowest BCUT2D eigenvalue weighted by molar-refractivity contribution is -0.123. The molecule has 0 aliphatic carbocycles. The summed E-state index contributed by atoms with van der Waals surface area (Å²) in [5.74, 6) is -0.902. The van der Waals surface area contributed by atoms with Crippen molar-refractivity contribution in [3.63, 3.8) is 0 Å². The van der Waals surface area contributed by atoms with Gasteiger partial charge in [-0.25, -0.2) is 0 Å². The van der Waals surface area contributed by atoms with Gasteiger partial charge in [0, 0.05) is 5.69 Å². The van der Waals surface area contributed by atoms with E-state index in [1.54, 1.807) is 30.3 Å². The number of aromatic nitrogens is 1. The van der Waals surface area contributed by atoms with E-state index in [1.807, 2.05) is 26.0 Å².